The number of nitrogens with one attached hydrogen (secondary N) is 1. The zero-order valence-corrected chi connectivity index (χ0v) is 15.0. The van der Waals surface area contributed by atoms with Crippen LogP contribution in [0.4, 0.5) is 0 Å². The van der Waals surface area contributed by atoms with Crippen LogP contribution in [0.5, 0.6) is 0 Å². The van der Waals surface area contributed by atoms with E-state index in [4.69, 9.17) is 23.2 Å². The Labute approximate surface area is 151 Å². The van der Waals surface area contributed by atoms with E-state index in [2.05, 4.69) is 15.0 Å². The first kappa shape index (κ1) is 17.3. The number of imidazole rings is 1. The Kier molecular flexibility index (Phi) is 5.15. The standard InChI is InChI=1S/C15H14Cl2N4O2S/c1-2-24-15-18-11-13(21(15)6-7-22)19-12(20-14(11)23)8-4-3-5-9(16)10(8)17/h3-5,22H,2,6-7H2,1H3,(H,19,20,23). The fourth-order valence-electron chi connectivity index (χ4n) is 2.35. The highest BCUT2D eigenvalue weighted by Gasteiger charge is 2.18. The maximum atomic E-state index is 12.4. The molecule has 3 rings (SSSR count). The summed E-state index contributed by atoms with van der Waals surface area (Å²) in [6, 6.07) is 5.12. The molecule has 126 valence electrons. The van der Waals surface area contributed by atoms with Gasteiger partial charge in [-0.2, -0.15) is 0 Å². The SMILES string of the molecule is CCSc1nc2c(=O)[nH]c(-c3cccc(Cl)c3Cl)nc2n1CCO. The van der Waals surface area contributed by atoms with E-state index in [-0.39, 0.29) is 17.7 Å². The van der Waals surface area contributed by atoms with Gasteiger partial charge in [0.05, 0.1) is 16.7 Å². The Bertz CT molecular complexity index is 955. The number of aromatic amines is 1. The van der Waals surface area contributed by atoms with Crippen molar-refractivity contribution >= 4 is 46.1 Å². The fraction of sp³-hybridized carbons (Fsp3) is 0.267. The van der Waals surface area contributed by atoms with E-state index in [0.717, 1.165) is 5.75 Å². The van der Waals surface area contributed by atoms with E-state index in [1.807, 2.05) is 6.92 Å². The number of aliphatic hydroxyl groups excluding tert-OH is 1. The second-order valence-corrected chi connectivity index (χ2v) is 6.91. The molecule has 0 fully saturated rings. The van der Waals surface area contributed by atoms with E-state index in [0.29, 0.717) is 38.8 Å². The van der Waals surface area contributed by atoms with Gasteiger partial charge < -0.3 is 14.7 Å². The van der Waals surface area contributed by atoms with Gasteiger partial charge in [0, 0.05) is 12.1 Å². The van der Waals surface area contributed by atoms with E-state index in [1.54, 1.807) is 22.8 Å². The van der Waals surface area contributed by atoms with Gasteiger partial charge in [-0.05, 0) is 17.9 Å². The molecule has 24 heavy (non-hydrogen) atoms. The van der Waals surface area contributed by atoms with E-state index in [1.165, 1.54) is 11.8 Å². The molecule has 3 aromatic rings. The average molecular weight is 385 g/mol. The van der Waals surface area contributed by atoms with Crippen molar-refractivity contribution in [3.8, 4) is 11.4 Å². The average Bonchev–Trinajstić information content (AvgIpc) is 2.89. The summed E-state index contributed by atoms with van der Waals surface area (Å²) in [4.78, 5) is 24.0. The molecule has 0 radical (unpaired) electrons. The highest BCUT2D eigenvalue weighted by atomic mass is 35.5. The van der Waals surface area contributed by atoms with E-state index < -0.39 is 0 Å². The van der Waals surface area contributed by atoms with Crippen LogP contribution in [0.3, 0.4) is 0 Å². The summed E-state index contributed by atoms with van der Waals surface area (Å²) in [5.41, 5.74) is 0.821. The third kappa shape index (κ3) is 3.04. The minimum atomic E-state index is -0.360. The molecule has 0 amide bonds. The second kappa shape index (κ2) is 7.14. The Morgan fingerprint density at radius 2 is 2.12 bits per heavy atom. The van der Waals surface area contributed by atoms with Crippen molar-refractivity contribution < 1.29 is 5.11 Å². The van der Waals surface area contributed by atoms with Crippen molar-refractivity contribution in [1.82, 2.24) is 19.5 Å². The summed E-state index contributed by atoms with van der Waals surface area (Å²) < 4.78 is 1.74. The highest BCUT2D eigenvalue weighted by Crippen LogP contribution is 2.32. The van der Waals surface area contributed by atoms with Crippen molar-refractivity contribution in [3.63, 3.8) is 0 Å². The van der Waals surface area contributed by atoms with Crippen molar-refractivity contribution in [2.24, 2.45) is 0 Å². The van der Waals surface area contributed by atoms with Crippen LogP contribution >= 0.6 is 35.0 Å². The minimum absolute atomic E-state index is 0.0789. The molecule has 9 heteroatoms. The van der Waals surface area contributed by atoms with Crippen molar-refractivity contribution in [3.05, 3.63) is 38.6 Å². The molecular formula is C15H14Cl2N4O2S. The number of aromatic nitrogens is 4. The normalized spacial score (nSPS) is 11.3. The predicted octanol–water partition coefficient (Wildman–Crippen LogP) is 3.20. The lowest BCUT2D eigenvalue weighted by Crippen LogP contribution is -2.12. The maximum absolute atomic E-state index is 12.4. The summed E-state index contributed by atoms with van der Waals surface area (Å²) in [5, 5.41) is 10.7. The van der Waals surface area contributed by atoms with E-state index >= 15 is 0 Å². The lowest BCUT2D eigenvalue weighted by atomic mass is 10.2. The number of rotatable bonds is 5. The third-order valence-corrected chi connectivity index (χ3v) is 5.05. The van der Waals surface area contributed by atoms with Gasteiger partial charge in [-0.25, -0.2) is 9.97 Å². The summed E-state index contributed by atoms with van der Waals surface area (Å²) in [7, 11) is 0. The summed E-state index contributed by atoms with van der Waals surface area (Å²) in [5.74, 6) is 1.10. The van der Waals surface area contributed by atoms with Crippen LogP contribution in [0.1, 0.15) is 6.92 Å². The molecule has 0 saturated heterocycles. The predicted molar refractivity (Wildman–Crippen MR) is 97.1 cm³/mol. The van der Waals surface area contributed by atoms with Crippen LogP contribution < -0.4 is 5.56 Å². The van der Waals surface area contributed by atoms with Crippen LogP contribution in [0.25, 0.3) is 22.6 Å². The molecule has 0 saturated carbocycles. The molecule has 2 N–H and O–H groups in total. The third-order valence-electron chi connectivity index (χ3n) is 3.37. The number of hydrogen-bond donors (Lipinski definition) is 2. The van der Waals surface area contributed by atoms with Gasteiger partial charge in [0.25, 0.3) is 5.56 Å². The molecule has 0 atom stereocenters. The van der Waals surface area contributed by atoms with Gasteiger partial charge in [-0.3, -0.25) is 4.79 Å². The zero-order chi connectivity index (χ0) is 17.3. The minimum Gasteiger partial charge on any atom is -0.395 e. The van der Waals surface area contributed by atoms with Gasteiger partial charge in [-0.1, -0.05) is 48.0 Å². The lowest BCUT2D eigenvalue weighted by molar-refractivity contribution is 0.273. The van der Waals surface area contributed by atoms with Crippen molar-refractivity contribution in [1.29, 1.82) is 0 Å². The molecule has 0 unspecified atom stereocenters. The smallest absolute Gasteiger partial charge is 0.279 e. The quantitative estimate of drug-likeness (QED) is 0.659. The molecule has 2 aromatic heterocycles. The summed E-state index contributed by atoms with van der Waals surface area (Å²) in [6.45, 7) is 2.21. The number of halogens is 2. The number of thioether (sulfide) groups is 1. The molecule has 2 heterocycles. The van der Waals surface area contributed by atoms with Crippen LogP contribution in [0.15, 0.2) is 28.2 Å². The Balaban J connectivity index is 2.27. The van der Waals surface area contributed by atoms with Crippen molar-refractivity contribution in [2.45, 2.75) is 18.6 Å². The molecule has 0 bridgehead atoms. The fourth-order valence-corrected chi connectivity index (χ4v) is 3.48. The van der Waals surface area contributed by atoms with Crippen LogP contribution in [0.2, 0.25) is 10.0 Å². The topological polar surface area (TPSA) is 83.8 Å². The van der Waals surface area contributed by atoms with Gasteiger partial charge in [-0.15, -0.1) is 0 Å². The Morgan fingerprint density at radius 1 is 1.33 bits per heavy atom. The Hall–Kier alpha value is -1.54. The molecule has 0 aliphatic rings. The van der Waals surface area contributed by atoms with Crippen molar-refractivity contribution in [2.75, 3.05) is 12.4 Å². The molecule has 0 aliphatic carbocycles. The summed E-state index contributed by atoms with van der Waals surface area (Å²) >= 11 is 13.8. The molecule has 0 aliphatic heterocycles. The van der Waals surface area contributed by atoms with Crippen LogP contribution in [-0.4, -0.2) is 37.0 Å². The van der Waals surface area contributed by atoms with Crippen LogP contribution in [-0.2, 0) is 6.54 Å². The van der Waals surface area contributed by atoms with Gasteiger partial charge in [0.2, 0.25) is 0 Å². The number of fused-ring (bicyclic) bond motifs is 1. The van der Waals surface area contributed by atoms with Gasteiger partial charge in [0.1, 0.15) is 5.82 Å². The Morgan fingerprint density at radius 3 is 2.83 bits per heavy atom. The zero-order valence-electron chi connectivity index (χ0n) is 12.7. The monoisotopic (exact) mass is 384 g/mol. The second-order valence-electron chi connectivity index (χ2n) is 4.89. The first-order chi connectivity index (χ1) is 11.6. The number of nitrogens with zero attached hydrogens (tertiary/aromatic N) is 3. The van der Waals surface area contributed by atoms with Crippen LogP contribution in [0, 0.1) is 0 Å². The number of H-pyrrole nitrogens is 1. The van der Waals surface area contributed by atoms with Gasteiger partial charge >= 0.3 is 0 Å². The lowest BCUT2D eigenvalue weighted by Gasteiger charge is -2.07. The summed E-state index contributed by atoms with van der Waals surface area (Å²) in [6.07, 6.45) is 0. The molecule has 6 nitrogen and oxygen atoms in total. The first-order valence-corrected chi connectivity index (χ1v) is 8.99. The number of aliphatic hydroxyl groups is 1. The molecule has 1 aromatic carbocycles. The molecular weight excluding hydrogens is 371 g/mol. The van der Waals surface area contributed by atoms with Gasteiger partial charge in [0.15, 0.2) is 16.3 Å². The van der Waals surface area contributed by atoms with E-state index in [9.17, 15) is 9.90 Å². The maximum Gasteiger partial charge on any atom is 0.279 e. The highest BCUT2D eigenvalue weighted by molar-refractivity contribution is 7.99. The number of hydrogen-bond acceptors (Lipinski definition) is 5. The number of benzene rings is 1. The largest absolute Gasteiger partial charge is 0.395 e. The molecule has 0 spiro atoms. The first-order valence-electron chi connectivity index (χ1n) is 7.25.